The summed E-state index contributed by atoms with van der Waals surface area (Å²) in [5.41, 5.74) is 8.57. The van der Waals surface area contributed by atoms with E-state index in [0.717, 1.165) is 25.7 Å². The summed E-state index contributed by atoms with van der Waals surface area (Å²) in [6, 6.07) is 5.83. The zero-order valence-electron chi connectivity index (χ0n) is 13.6. The van der Waals surface area contributed by atoms with E-state index in [1.165, 1.54) is 24.0 Å². The highest BCUT2D eigenvalue weighted by atomic mass is 16.3. The number of rotatable bonds is 2. The molecule has 1 amide bonds. The van der Waals surface area contributed by atoms with Crippen LogP contribution in [0.2, 0.25) is 0 Å². The maximum absolute atomic E-state index is 11.6. The second-order valence-electron chi connectivity index (χ2n) is 7.46. The van der Waals surface area contributed by atoms with E-state index in [1.807, 2.05) is 18.2 Å². The average molecular weight is 301 g/mol. The van der Waals surface area contributed by atoms with Gasteiger partial charge in [-0.2, -0.15) is 0 Å². The summed E-state index contributed by atoms with van der Waals surface area (Å²) in [6.45, 7) is 4.47. The van der Waals surface area contributed by atoms with Crippen LogP contribution < -0.4 is 5.73 Å². The molecule has 2 saturated carbocycles. The summed E-state index contributed by atoms with van der Waals surface area (Å²) in [5, 5.41) is 10.3. The van der Waals surface area contributed by atoms with E-state index in [0.29, 0.717) is 17.4 Å². The number of aliphatic hydroxyl groups is 1. The first-order valence-electron chi connectivity index (χ1n) is 8.53. The molecule has 3 heteroatoms. The molecule has 120 valence electrons. The van der Waals surface area contributed by atoms with Gasteiger partial charge in [0.05, 0.1) is 6.10 Å². The number of carbonyl (C=O) groups excluding carboxylic acids is 1. The number of aliphatic hydroxyl groups excluding tert-OH is 1. The molecule has 0 spiro atoms. The molecule has 2 aliphatic rings. The lowest BCUT2D eigenvalue weighted by Crippen LogP contribution is -2.48. The highest BCUT2D eigenvalue weighted by Gasteiger charge is 2.49. The lowest BCUT2D eigenvalue weighted by molar-refractivity contribution is 0.000344. The summed E-state index contributed by atoms with van der Waals surface area (Å²) >= 11 is 0. The third-order valence-electron chi connectivity index (χ3n) is 6.15. The fourth-order valence-corrected chi connectivity index (χ4v) is 5.14. The molecule has 0 heterocycles. The van der Waals surface area contributed by atoms with Gasteiger partial charge in [0.15, 0.2) is 0 Å². The first kappa shape index (κ1) is 15.5. The molecule has 3 nitrogen and oxygen atoms in total. The number of carbonyl (C=O) groups is 1. The largest absolute Gasteiger partial charge is 0.393 e. The number of amides is 1. The van der Waals surface area contributed by atoms with Gasteiger partial charge in [0.25, 0.3) is 0 Å². The standard InChI is InChI=1S/C19H27NO2/c1-12-4-3-9-19(11-15(21)7-8-16(12)19)17-10-14(18(20)22)6-5-13(17)2/h5-6,10,12,15-16,21H,3-4,7-9,11H2,1-2H3,(H2,20,22)/t12-,15-,16?,19-/m0/s1. The van der Waals surface area contributed by atoms with Gasteiger partial charge < -0.3 is 10.8 Å². The zero-order chi connectivity index (χ0) is 15.9. The van der Waals surface area contributed by atoms with Crippen molar-refractivity contribution in [3.05, 3.63) is 34.9 Å². The second-order valence-corrected chi connectivity index (χ2v) is 7.46. The van der Waals surface area contributed by atoms with Crippen LogP contribution in [-0.2, 0) is 5.41 Å². The van der Waals surface area contributed by atoms with Crippen molar-refractivity contribution in [2.24, 2.45) is 17.6 Å². The van der Waals surface area contributed by atoms with Gasteiger partial charge in [-0.25, -0.2) is 0 Å². The highest BCUT2D eigenvalue weighted by molar-refractivity contribution is 5.93. The molecule has 0 radical (unpaired) electrons. The molecule has 1 unspecified atom stereocenters. The predicted octanol–water partition coefficient (Wildman–Crippen LogP) is 3.31. The Bertz CT molecular complexity index is 583. The first-order valence-corrected chi connectivity index (χ1v) is 8.53. The van der Waals surface area contributed by atoms with Crippen molar-refractivity contribution in [2.75, 3.05) is 0 Å². The Labute approximate surface area is 132 Å². The second kappa shape index (κ2) is 5.69. The maximum Gasteiger partial charge on any atom is 0.248 e. The number of fused-ring (bicyclic) bond motifs is 1. The molecule has 3 N–H and O–H groups in total. The van der Waals surface area contributed by atoms with Crippen molar-refractivity contribution < 1.29 is 9.90 Å². The first-order chi connectivity index (χ1) is 10.4. The fraction of sp³-hybridized carbons (Fsp3) is 0.632. The fourth-order valence-electron chi connectivity index (χ4n) is 5.14. The summed E-state index contributed by atoms with van der Waals surface area (Å²) < 4.78 is 0. The molecule has 1 aromatic rings. The van der Waals surface area contributed by atoms with Crippen LogP contribution >= 0.6 is 0 Å². The van der Waals surface area contributed by atoms with Gasteiger partial charge in [0.1, 0.15) is 0 Å². The van der Waals surface area contributed by atoms with Crippen LogP contribution in [0.15, 0.2) is 18.2 Å². The van der Waals surface area contributed by atoms with Crippen molar-refractivity contribution in [3.8, 4) is 0 Å². The Hall–Kier alpha value is -1.35. The van der Waals surface area contributed by atoms with Gasteiger partial charge in [-0.1, -0.05) is 25.8 Å². The van der Waals surface area contributed by atoms with E-state index in [-0.39, 0.29) is 17.4 Å². The quantitative estimate of drug-likeness (QED) is 0.880. The Balaban J connectivity index is 2.12. The van der Waals surface area contributed by atoms with Crippen LogP contribution in [0.4, 0.5) is 0 Å². The summed E-state index contributed by atoms with van der Waals surface area (Å²) in [4.78, 5) is 11.6. The molecular formula is C19H27NO2. The lowest BCUT2D eigenvalue weighted by atomic mass is 9.52. The van der Waals surface area contributed by atoms with Gasteiger partial charge in [0, 0.05) is 11.0 Å². The Morgan fingerprint density at radius 2 is 2.09 bits per heavy atom. The summed E-state index contributed by atoms with van der Waals surface area (Å²) in [5.74, 6) is 0.916. The number of primary amides is 1. The predicted molar refractivity (Wildman–Crippen MR) is 87.7 cm³/mol. The molecule has 22 heavy (non-hydrogen) atoms. The smallest absolute Gasteiger partial charge is 0.248 e. The molecule has 0 saturated heterocycles. The Kier molecular flexibility index (Phi) is 4.02. The van der Waals surface area contributed by atoms with E-state index >= 15 is 0 Å². The minimum Gasteiger partial charge on any atom is -0.393 e. The van der Waals surface area contributed by atoms with E-state index in [2.05, 4.69) is 13.8 Å². The minimum atomic E-state index is -0.366. The monoisotopic (exact) mass is 301 g/mol. The van der Waals surface area contributed by atoms with E-state index in [9.17, 15) is 9.90 Å². The maximum atomic E-state index is 11.6. The number of hydrogen-bond acceptors (Lipinski definition) is 2. The van der Waals surface area contributed by atoms with E-state index < -0.39 is 0 Å². The zero-order valence-corrected chi connectivity index (χ0v) is 13.6. The van der Waals surface area contributed by atoms with Crippen LogP contribution in [0, 0.1) is 18.8 Å². The topological polar surface area (TPSA) is 63.3 Å². The number of hydrogen-bond donors (Lipinski definition) is 2. The molecule has 2 fully saturated rings. The van der Waals surface area contributed by atoms with Crippen molar-refractivity contribution in [3.63, 3.8) is 0 Å². The van der Waals surface area contributed by atoms with Gasteiger partial charge in [-0.3, -0.25) is 4.79 Å². The van der Waals surface area contributed by atoms with Crippen molar-refractivity contribution in [1.82, 2.24) is 0 Å². The highest BCUT2D eigenvalue weighted by Crippen LogP contribution is 2.54. The molecule has 3 rings (SSSR count). The molecule has 0 bridgehead atoms. The van der Waals surface area contributed by atoms with Gasteiger partial charge >= 0.3 is 0 Å². The van der Waals surface area contributed by atoms with E-state index in [4.69, 9.17) is 5.73 Å². The third-order valence-corrected chi connectivity index (χ3v) is 6.15. The molecular weight excluding hydrogens is 274 g/mol. The minimum absolute atomic E-state index is 0.0187. The number of aryl methyl sites for hydroxylation is 1. The third kappa shape index (κ3) is 2.45. The van der Waals surface area contributed by atoms with Crippen LogP contribution in [0.25, 0.3) is 0 Å². The molecule has 0 aromatic heterocycles. The van der Waals surface area contributed by atoms with Gasteiger partial charge in [0.2, 0.25) is 5.91 Å². The van der Waals surface area contributed by atoms with E-state index in [1.54, 1.807) is 0 Å². The van der Waals surface area contributed by atoms with Gasteiger partial charge in [-0.15, -0.1) is 0 Å². The molecule has 2 aliphatic carbocycles. The summed E-state index contributed by atoms with van der Waals surface area (Å²) in [6.07, 6.45) is 6.18. The number of benzene rings is 1. The van der Waals surface area contributed by atoms with Crippen LogP contribution in [0.5, 0.6) is 0 Å². The van der Waals surface area contributed by atoms with Crippen molar-refractivity contribution in [1.29, 1.82) is 0 Å². The van der Waals surface area contributed by atoms with Crippen LogP contribution in [0.3, 0.4) is 0 Å². The van der Waals surface area contributed by atoms with Crippen LogP contribution in [0.1, 0.15) is 66.9 Å². The SMILES string of the molecule is Cc1ccc(C(N)=O)cc1[C@]12CCC[C@H](C)C1CC[C@H](O)C2. The normalized spacial score (nSPS) is 35.0. The molecule has 4 atom stereocenters. The molecule has 0 aliphatic heterocycles. The van der Waals surface area contributed by atoms with Gasteiger partial charge in [-0.05, 0) is 67.7 Å². The number of nitrogens with two attached hydrogens (primary N) is 1. The van der Waals surface area contributed by atoms with Crippen molar-refractivity contribution >= 4 is 5.91 Å². The van der Waals surface area contributed by atoms with Crippen molar-refractivity contribution in [2.45, 2.75) is 63.9 Å². The summed E-state index contributed by atoms with van der Waals surface area (Å²) in [7, 11) is 0. The Morgan fingerprint density at radius 3 is 2.82 bits per heavy atom. The molecule has 1 aromatic carbocycles. The average Bonchev–Trinajstić information content (AvgIpc) is 2.47. The lowest BCUT2D eigenvalue weighted by Gasteiger charge is -2.52. The van der Waals surface area contributed by atoms with Crippen LogP contribution in [-0.4, -0.2) is 17.1 Å². The Morgan fingerprint density at radius 1 is 1.32 bits per heavy atom.